The molecule has 0 radical (unpaired) electrons. The van der Waals surface area contributed by atoms with Crippen molar-refractivity contribution in [1.29, 1.82) is 0 Å². The van der Waals surface area contributed by atoms with E-state index in [1.165, 1.54) is 36.9 Å². The molecule has 1 aromatic carbocycles. The fraction of sp³-hybridized carbons (Fsp3) is 0.647. The molecule has 1 saturated carbocycles. The number of rotatable bonds is 4. The first-order chi connectivity index (χ1) is 8.65. The van der Waals surface area contributed by atoms with Gasteiger partial charge in [-0.25, -0.2) is 0 Å². The molecule has 0 heterocycles. The van der Waals surface area contributed by atoms with Crippen LogP contribution in [0.2, 0.25) is 0 Å². The standard InChI is InChI=1S/C17H27N/c1-13(2)16-8-10-17(11-9-16)18-12-15-6-4-14(3)5-7-15/h8-11,13-15,18H,4-7,12H2,1-3H3. The van der Waals surface area contributed by atoms with Crippen LogP contribution in [0, 0.1) is 11.8 Å². The van der Waals surface area contributed by atoms with E-state index in [1.54, 1.807) is 0 Å². The van der Waals surface area contributed by atoms with E-state index in [1.807, 2.05) is 0 Å². The Hall–Kier alpha value is -0.980. The minimum atomic E-state index is 0.624. The van der Waals surface area contributed by atoms with Crippen molar-refractivity contribution in [1.82, 2.24) is 0 Å². The fourth-order valence-corrected chi connectivity index (χ4v) is 2.78. The summed E-state index contributed by atoms with van der Waals surface area (Å²) in [5.41, 5.74) is 2.70. The Morgan fingerprint density at radius 2 is 1.67 bits per heavy atom. The molecule has 1 N–H and O–H groups in total. The van der Waals surface area contributed by atoms with Crippen LogP contribution in [0.3, 0.4) is 0 Å². The topological polar surface area (TPSA) is 12.0 Å². The van der Waals surface area contributed by atoms with E-state index in [2.05, 4.69) is 50.4 Å². The van der Waals surface area contributed by atoms with Crippen molar-refractivity contribution >= 4 is 5.69 Å². The van der Waals surface area contributed by atoms with E-state index in [0.717, 1.165) is 18.4 Å². The predicted molar refractivity (Wildman–Crippen MR) is 80.1 cm³/mol. The summed E-state index contributed by atoms with van der Waals surface area (Å²) in [6, 6.07) is 8.94. The molecular formula is C17H27N. The molecule has 1 aliphatic carbocycles. The van der Waals surface area contributed by atoms with Gasteiger partial charge in [-0.2, -0.15) is 0 Å². The highest BCUT2D eigenvalue weighted by Crippen LogP contribution is 2.28. The largest absolute Gasteiger partial charge is 0.385 e. The summed E-state index contributed by atoms with van der Waals surface area (Å²) in [7, 11) is 0. The average Bonchev–Trinajstić information content (AvgIpc) is 2.38. The van der Waals surface area contributed by atoms with Crippen LogP contribution in [0.4, 0.5) is 5.69 Å². The van der Waals surface area contributed by atoms with E-state index in [9.17, 15) is 0 Å². The van der Waals surface area contributed by atoms with Gasteiger partial charge in [-0.3, -0.25) is 0 Å². The summed E-state index contributed by atoms with van der Waals surface area (Å²) in [6.07, 6.45) is 5.63. The van der Waals surface area contributed by atoms with Gasteiger partial charge in [0.15, 0.2) is 0 Å². The number of benzene rings is 1. The van der Waals surface area contributed by atoms with Gasteiger partial charge in [-0.05, 0) is 48.3 Å². The zero-order chi connectivity index (χ0) is 13.0. The zero-order valence-electron chi connectivity index (χ0n) is 12.1. The van der Waals surface area contributed by atoms with Crippen molar-refractivity contribution in [3.63, 3.8) is 0 Å². The van der Waals surface area contributed by atoms with Crippen molar-refractivity contribution in [2.45, 2.75) is 52.4 Å². The Bertz CT molecular complexity index is 344. The molecule has 0 atom stereocenters. The third-order valence-electron chi connectivity index (χ3n) is 4.31. The maximum absolute atomic E-state index is 3.60. The molecule has 0 saturated heterocycles. The van der Waals surface area contributed by atoms with E-state index in [0.29, 0.717) is 5.92 Å². The molecule has 0 aromatic heterocycles. The van der Waals surface area contributed by atoms with Crippen molar-refractivity contribution < 1.29 is 0 Å². The second kappa shape index (κ2) is 6.26. The molecule has 18 heavy (non-hydrogen) atoms. The van der Waals surface area contributed by atoms with Gasteiger partial charge < -0.3 is 5.32 Å². The molecule has 0 bridgehead atoms. The van der Waals surface area contributed by atoms with Crippen molar-refractivity contribution in [2.75, 3.05) is 11.9 Å². The summed E-state index contributed by atoms with van der Waals surface area (Å²) in [5, 5.41) is 3.60. The second-order valence-electron chi connectivity index (χ2n) is 6.28. The van der Waals surface area contributed by atoms with E-state index in [4.69, 9.17) is 0 Å². The van der Waals surface area contributed by atoms with Gasteiger partial charge in [-0.15, -0.1) is 0 Å². The van der Waals surface area contributed by atoms with Crippen LogP contribution in [0.15, 0.2) is 24.3 Å². The van der Waals surface area contributed by atoms with Gasteiger partial charge in [0.1, 0.15) is 0 Å². The Balaban J connectivity index is 1.79. The molecule has 0 aliphatic heterocycles. The van der Waals surface area contributed by atoms with Crippen LogP contribution in [0.1, 0.15) is 57.9 Å². The average molecular weight is 245 g/mol. The monoisotopic (exact) mass is 245 g/mol. The maximum Gasteiger partial charge on any atom is 0.0340 e. The fourth-order valence-electron chi connectivity index (χ4n) is 2.78. The molecule has 1 nitrogen and oxygen atoms in total. The summed E-state index contributed by atoms with van der Waals surface area (Å²) in [5.74, 6) is 2.46. The van der Waals surface area contributed by atoms with Gasteiger partial charge in [0.25, 0.3) is 0 Å². The van der Waals surface area contributed by atoms with Crippen LogP contribution in [0.5, 0.6) is 0 Å². The summed E-state index contributed by atoms with van der Waals surface area (Å²) >= 11 is 0. The molecular weight excluding hydrogens is 218 g/mol. The Labute approximate surface area is 112 Å². The Morgan fingerprint density at radius 1 is 1.06 bits per heavy atom. The second-order valence-corrected chi connectivity index (χ2v) is 6.28. The van der Waals surface area contributed by atoms with Crippen molar-refractivity contribution in [3.8, 4) is 0 Å². The van der Waals surface area contributed by atoms with Crippen molar-refractivity contribution in [2.24, 2.45) is 11.8 Å². The Kier molecular flexibility index (Phi) is 4.68. The molecule has 0 spiro atoms. The van der Waals surface area contributed by atoms with Crippen LogP contribution in [-0.2, 0) is 0 Å². The minimum absolute atomic E-state index is 0.624. The molecule has 2 rings (SSSR count). The first-order valence-electron chi connectivity index (χ1n) is 7.49. The lowest BCUT2D eigenvalue weighted by Gasteiger charge is -2.26. The van der Waals surface area contributed by atoms with Gasteiger partial charge in [0.05, 0.1) is 0 Å². The van der Waals surface area contributed by atoms with E-state index in [-0.39, 0.29) is 0 Å². The van der Waals surface area contributed by atoms with Crippen LogP contribution < -0.4 is 5.32 Å². The SMILES string of the molecule is CC1CCC(CNc2ccc(C(C)C)cc2)CC1. The van der Waals surface area contributed by atoms with Crippen LogP contribution in [0.25, 0.3) is 0 Å². The summed E-state index contributed by atoms with van der Waals surface area (Å²) in [4.78, 5) is 0. The molecule has 1 aromatic rings. The summed E-state index contributed by atoms with van der Waals surface area (Å²) in [6.45, 7) is 8.01. The maximum atomic E-state index is 3.60. The third kappa shape index (κ3) is 3.76. The number of anilines is 1. The van der Waals surface area contributed by atoms with E-state index >= 15 is 0 Å². The third-order valence-corrected chi connectivity index (χ3v) is 4.31. The first kappa shape index (κ1) is 13.5. The molecule has 1 aliphatic rings. The quantitative estimate of drug-likeness (QED) is 0.783. The lowest BCUT2D eigenvalue weighted by atomic mass is 9.83. The van der Waals surface area contributed by atoms with Gasteiger partial charge >= 0.3 is 0 Å². The molecule has 1 fully saturated rings. The van der Waals surface area contributed by atoms with Gasteiger partial charge in [-0.1, -0.05) is 45.7 Å². The number of nitrogens with one attached hydrogen (secondary N) is 1. The lowest BCUT2D eigenvalue weighted by Crippen LogP contribution is -2.20. The molecule has 1 heteroatoms. The minimum Gasteiger partial charge on any atom is -0.385 e. The van der Waals surface area contributed by atoms with Gasteiger partial charge in [0, 0.05) is 12.2 Å². The lowest BCUT2D eigenvalue weighted by molar-refractivity contribution is 0.300. The van der Waals surface area contributed by atoms with Crippen LogP contribution in [-0.4, -0.2) is 6.54 Å². The highest BCUT2D eigenvalue weighted by molar-refractivity contribution is 5.45. The molecule has 0 unspecified atom stereocenters. The normalized spacial score (nSPS) is 24.2. The highest BCUT2D eigenvalue weighted by atomic mass is 14.9. The zero-order valence-corrected chi connectivity index (χ0v) is 12.1. The Morgan fingerprint density at radius 3 is 2.22 bits per heavy atom. The van der Waals surface area contributed by atoms with Crippen molar-refractivity contribution in [3.05, 3.63) is 29.8 Å². The molecule has 0 amide bonds. The number of hydrogen-bond donors (Lipinski definition) is 1. The number of hydrogen-bond acceptors (Lipinski definition) is 1. The molecule has 100 valence electrons. The smallest absolute Gasteiger partial charge is 0.0340 e. The highest BCUT2D eigenvalue weighted by Gasteiger charge is 2.17. The first-order valence-corrected chi connectivity index (χ1v) is 7.49. The summed E-state index contributed by atoms with van der Waals surface area (Å²) < 4.78 is 0. The van der Waals surface area contributed by atoms with Crippen LogP contribution >= 0.6 is 0 Å². The predicted octanol–water partition coefficient (Wildman–Crippen LogP) is 5.05. The van der Waals surface area contributed by atoms with E-state index < -0.39 is 0 Å². The van der Waals surface area contributed by atoms with Gasteiger partial charge in [0.2, 0.25) is 0 Å².